The second-order valence-corrected chi connectivity index (χ2v) is 6.43. The van der Waals surface area contributed by atoms with Gasteiger partial charge in [0.1, 0.15) is 6.04 Å². The molecule has 0 fully saturated rings. The highest BCUT2D eigenvalue weighted by atomic mass is 32.2. The predicted molar refractivity (Wildman–Crippen MR) is 68.9 cm³/mol. The molecular weight excluding hydrogens is 258 g/mol. The van der Waals surface area contributed by atoms with Crippen LogP contribution in [-0.2, 0) is 19.6 Å². The molecule has 0 aromatic heterocycles. The minimum atomic E-state index is -3.63. The summed E-state index contributed by atoms with van der Waals surface area (Å²) < 4.78 is 30.7. The highest BCUT2D eigenvalue weighted by molar-refractivity contribution is 7.89. The number of hydrogen-bond donors (Lipinski definition) is 2. The number of nitrogens with one attached hydrogen (secondary N) is 1. The van der Waals surface area contributed by atoms with Crippen LogP contribution in [0.25, 0.3) is 0 Å². The van der Waals surface area contributed by atoms with Crippen LogP contribution in [0.4, 0.5) is 0 Å². The molecule has 0 bridgehead atoms. The number of rotatable bonds is 9. The van der Waals surface area contributed by atoms with Gasteiger partial charge in [-0.2, -0.15) is 0 Å². The first-order chi connectivity index (χ1) is 8.19. The third-order valence-corrected chi connectivity index (χ3v) is 3.91. The molecule has 0 aliphatic rings. The molecule has 0 spiro atoms. The van der Waals surface area contributed by atoms with Gasteiger partial charge in [0.25, 0.3) is 0 Å². The molecule has 2 N–H and O–H groups in total. The molecule has 7 heteroatoms. The van der Waals surface area contributed by atoms with Crippen molar-refractivity contribution < 1.29 is 23.1 Å². The van der Waals surface area contributed by atoms with Crippen LogP contribution in [0.2, 0.25) is 0 Å². The van der Waals surface area contributed by atoms with Gasteiger partial charge in [-0.1, -0.05) is 20.3 Å². The summed E-state index contributed by atoms with van der Waals surface area (Å²) in [5.74, 6) is -1.65. The van der Waals surface area contributed by atoms with Gasteiger partial charge in [-0.05, 0) is 19.8 Å². The number of carboxylic acid groups (broad SMARTS) is 1. The summed E-state index contributed by atoms with van der Waals surface area (Å²) in [6, 6.07) is -1.08. The van der Waals surface area contributed by atoms with Gasteiger partial charge in [0.2, 0.25) is 10.0 Å². The molecule has 6 nitrogen and oxygen atoms in total. The third-order valence-electron chi connectivity index (χ3n) is 2.59. The van der Waals surface area contributed by atoms with Gasteiger partial charge in [0.15, 0.2) is 0 Å². The highest BCUT2D eigenvalue weighted by Gasteiger charge is 2.28. The zero-order valence-electron chi connectivity index (χ0n) is 11.3. The van der Waals surface area contributed by atoms with Crippen molar-refractivity contribution in [3.63, 3.8) is 0 Å². The van der Waals surface area contributed by atoms with Gasteiger partial charge in [0.05, 0.1) is 18.5 Å². The maximum Gasteiger partial charge on any atom is 0.322 e. The summed E-state index contributed by atoms with van der Waals surface area (Å²) in [5.41, 5.74) is 0. The number of hydrogen-bond acceptors (Lipinski definition) is 4. The van der Waals surface area contributed by atoms with Gasteiger partial charge in [-0.15, -0.1) is 0 Å². The van der Waals surface area contributed by atoms with Crippen LogP contribution in [0.5, 0.6) is 0 Å². The fourth-order valence-corrected chi connectivity index (χ4v) is 2.45. The van der Waals surface area contributed by atoms with Crippen molar-refractivity contribution in [1.82, 2.24) is 4.72 Å². The largest absolute Gasteiger partial charge is 0.480 e. The van der Waals surface area contributed by atoms with Crippen molar-refractivity contribution in [2.45, 2.75) is 46.3 Å². The molecule has 0 aromatic carbocycles. The standard InChI is InChI=1S/C11H23NO5S/c1-5-9(4)10(11(13)14)12-18(15,16)7-6-17-8(2)3/h8-10,12H,5-7H2,1-4H3,(H,13,14)/t9-,10-/m0/s1. The smallest absolute Gasteiger partial charge is 0.322 e. The molecule has 0 unspecified atom stereocenters. The van der Waals surface area contributed by atoms with E-state index in [-0.39, 0.29) is 24.4 Å². The number of carbonyl (C=O) groups is 1. The van der Waals surface area contributed by atoms with E-state index in [0.29, 0.717) is 6.42 Å². The van der Waals surface area contributed by atoms with Crippen molar-refractivity contribution in [1.29, 1.82) is 0 Å². The van der Waals surface area contributed by atoms with Crippen LogP contribution in [0.3, 0.4) is 0 Å². The Bertz CT molecular complexity index is 352. The minimum absolute atomic E-state index is 0.0509. The van der Waals surface area contributed by atoms with Crippen molar-refractivity contribution >= 4 is 16.0 Å². The van der Waals surface area contributed by atoms with Crippen LogP contribution < -0.4 is 4.72 Å². The molecular formula is C11H23NO5S. The summed E-state index contributed by atoms with van der Waals surface area (Å²) in [6.45, 7) is 7.18. The maximum atomic E-state index is 11.7. The lowest BCUT2D eigenvalue weighted by molar-refractivity contribution is -0.140. The number of aliphatic carboxylic acids is 1. The topological polar surface area (TPSA) is 92.7 Å². The first kappa shape index (κ1) is 17.3. The lowest BCUT2D eigenvalue weighted by atomic mass is 10.0. The summed E-state index contributed by atoms with van der Waals surface area (Å²) >= 11 is 0. The normalized spacial score (nSPS) is 15.6. The summed E-state index contributed by atoms with van der Waals surface area (Å²) in [4.78, 5) is 11.0. The fraction of sp³-hybridized carbons (Fsp3) is 0.909. The highest BCUT2D eigenvalue weighted by Crippen LogP contribution is 2.09. The maximum absolute atomic E-state index is 11.7. The van der Waals surface area contributed by atoms with E-state index in [1.807, 2.05) is 6.92 Å². The number of sulfonamides is 1. The summed E-state index contributed by atoms with van der Waals surface area (Å²) in [5, 5.41) is 8.99. The summed E-state index contributed by atoms with van der Waals surface area (Å²) in [7, 11) is -3.63. The van der Waals surface area contributed by atoms with Crippen molar-refractivity contribution in [3.8, 4) is 0 Å². The first-order valence-electron chi connectivity index (χ1n) is 6.04. The molecule has 18 heavy (non-hydrogen) atoms. The van der Waals surface area contributed by atoms with Crippen molar-refractivity contribution in [2.75, 3.05) is 12.4 Å². The van der Waals surface area contributed by atoms with Gasteiger partial charge in [-0.3, -0.25) is 4.79 Å². The van der Waals surface area contributed by atoms with Crippen LogP contribution in [-0.4, -0.2) is 44.0 Å². The van der Waals surface area contributed by atoms with Crippen molar-refractivity contribution in [2.24, 2.45) is 5.92 Å². The Balaban J connectivity index is 4.47. The molecule has 0 aliphatic carbocycles. The Morgan fingerprint density at radius 3 is 2.28 bits per heavy atom. The van der Waals surface area contributed by atoms with Gasteiger partial charge in [-0.25, -0.2) is 13.1 Å². The lowest BCUT2D eigenvalue weighted by Crippen LogP contribution is -2.46. The molecule has 0 heterocycles. The van der Waals surface area contributed by atoms with E-state index in [4.69, 9.17) is 9.84 Å². The molecule has 2 atom stereocenters. The van der Waals surface area contributed by atoms with E-state index >= 15 is 0 Å². The average Bonchev–Trinajstić information content (AvgIpc) is 2.23. The Morgan fingerprint density at radius 2 is 1.89 bits per heavy atom. The monoisotopic (exact) mass is 281 g/mol. The molecule has 0 saturated heterocycles. The second kappa shape index (κ2) is 7.70. The lowest BCUT2D eigenvalue weighted by Gasteiger charge is -2.20. The van der Waals surface area contributed by atoms with Gasteiger partial charge >= 0.3 is 5.97 Å². The van der Waals surface area contributed by atoms with Gasteiger partial charge < -0.3 is 9.84 Å². The second-order valence-electron chi connectivity index (χ2n) is 4.56. The van der Waals surface area contributed by atoms with E-state index in [0.717, 1.165) is 0 Å². The van der Waals surface area contributed by atoms with Gasteiger partial charge in [0, 0.05) is 0 Å². The first-order valence-corrected chi connectivity index (χ1v) is 7.69. The van der Waals surface area contributed by atoms with E-state index in [1.54, 1.807) is 20.8 Å². The van der Waals surface area contributed by atoms with Crippen molar-refractivity contribution in [3.05, 3.63) is 0 Å². The van der Waals surface area contributed by atoms with E-state index in [1.165, 1.54) is 0 Å². The average molecular weight is 281 g/mol. The Labute approximate surface area is 109 Å². The van der Waals surface area contributed by atoms with E-state index in [2.05, 4.69) is 4.72 Å². The van der Waals surface area contributed by atoms with Crippen LogP contribution in [0.1, 0.15) is 34.1 Å². The van der Waals surface area contributed by atoms with Crippen LogP contribution >= 0.6 is 0 Å². The molecule has 0 rings (SSSR count). The van der Waals surface area contributed by atoms with Crippen LogP contribution in [0, 0.1) is 5.92 Å². The minimum Gasteiger partial charge on any atom is -0.480 e. The molecule has 0 aliphatic heterocycles. The SMILES string of the molecule is CC[C@H](C)[C@H](NS(=O)(=O)CCOC(C)C)C(=O)O. The molecule has 108 valence electrons. The zero-order valence-corrected chi connectivity index (χ0v) is 12.2. The third kappa shape index (κ3) is 6.93. The van der Waals surface area contributed by atoms with E-state index < -0.39 is 22.0 Å². The number of carboxylic acids is 1. The summed E-state index contributed by atoms with van der Waals surface area (Å²) in [6.07, 6.45) is 0.534. The van der Waals surface area contributed by atoms with E-state index in [9.17, 15) is 13.2 Å². The Kier molecular flexibility index (Phi) is 7.42. The Hall–Kier alpha value is -0.660. The predicted octanol–water partition coefficient (Wildman–Crippen LogP) is 0.830. The Morgan fingerprint density at radius 1 is 1.33 bits per heavy atom. The fourth-order valence-electron chi connectivity index (χ4n) is 1.29. The molecule has 0 radical (unpaired) electrons. The zero-order chi connectivity index (χ0) is 14.3. The molecule has 0 saturated carbocycles. The number of ether oxygens (including phenoxy) is 1. The quantitative estimate of drug-likeness (QED) is 0.653. The molecule has 0 aromatic rings. The molecule has 0 amide bonds. The van der Waals surface area contributed by atoms with Crippen LogP contribution in [0.15, 0.2) is 0 Å².